The van der Waals surface area contributed by atoms with Gasteiger partial charge in [0.25, 0.3) is 5.91 Å². The molecule has 0 unspecified atom stereocenters. The second-order valence-corrected chi connectivity index (χ2v) is 5.13. The van der Waals surface area contributed by atoms with Gasteiger partial charge in [0.2, 0.25) is 5.91 Å². The zero-order valence-corrected chi connectivity index (χ0v) is 13.0. The summed E-state index contributed by atoms with van der Waals surface area (Å²) < 4.78 is 0. The van der Waals surface area contributed by atoms with E-state index in [9.17, 15) is 9.59 Å². The van der Waals surface area contributed by atoms with Crippen LogP contribution in [0, 0.1) is 0 Å². The summed E-state index contributed by atoms with van der Waals surface area (Å²) in [6.07, 6.45) is 0.789. The Hall–Kier alpha value is -1.59. The van der Waals surface area contributed by atoms with Gasteiger partial charge in [0, 0.05) is 31.7 Å². The van der Waals surface area contributed by atoms with E-state index in [1.807, 2.05) is 35.2 Å². The Kier molecular flexibility index (Phi) is 6.65. The molecule has 1 atom stereocenters. The van der Waals surface area contributed by atoms with Crippen molar-refractivity contribution in [2.75, 3.05) is 26.2 Å². The van der Waals surface area contributed by atoms with Gasteiger partial charge >= 0.3 is 0 Å². The van der Waals surface area contributed by atoms with E-state index in [1.54, 1.807) is 11.8 Å². The first-order chi connectivity index (χ1) is 9.59. The van der Waals surface area contributed by atoms with Gasteiger partial charge in [-0.05, 0) is 25.5 Å². The maximum absolute atomic E-state index is 12.4. The molecule has 1 aliphatic rings. The molecular formula is C15H22ClN3O2. The van der Waals surface area contributed by atoms with E-state index in [1.165, 1.54) is 0 Å². The van der Waals surface area contributed by atoms with E-state index < -0.39 is 6.04 Å². The molecule has 0 aromatic heterocycles. The summed E-state index contributed by atoms with van der Waals surface area (Å²) in [6, 6.07) is 8.76. The maximum Gasteiger partial charge on any atom is 0.253 e. The number of amides is 2. The molecule has 1 aliphatic heterocycles. The molecule has 1 heterocycles. The van der Waals surface area contributed by atoms with E-state index in [4.69, 9.17) is 5.73 Å². The Bertz CT molecular complexity index is 479. The highest BCUT2D eigenvalue weighted by Gasteiger charge is 2.23. The van der Waals surface area contributed by atoms with Crippen LogP contribution in [0.5, 0.6) is 0 Å². The Labute approximate surface area is 131 Å². The van der Waals surface area contributed by atoms with Gasteiger partial charge in [-0.25, -0.2) is 0 Å². The van der Waals surface area contributed by atoms with Crippen molar-refractivity contribution in [2.24, 2.45) is 5.73 Å². The van der Waals surface area contributed by atoms with Gasteiger partial charge < -0.3 is 15.5 Å². The lowest BCUT2D eigenvalue weighted by molar-refractivity contribution is -0.132. The van der Waals surface area contributed by atoms with E-state index in [-0.39, 0.29) is 24.2 Å². The summed E-state index contributed by atoms with van der Waals surface area (Å²) in [5.41, 5.74) is 6.33. The van der Waals surface area contributed by atoms with Crippen molar-refractivity contribution in [3.05, 3.63) is 35.9 Å². The average molecular weight is 312 g/mol. The second kappa shape index (κ2) is 8.00. The molecule has 6 heteroatoms. The Morgan fingerprint density at radius 3 is 2.24 bits per heavy atom. The van der Waals surface area contributed by atoms with Gasteiger partial charge in [-0.2, -0.15) is 0 Å². The van der Waals surface area contributed by atoms with Crippen molar-refractivity contribution in [1.29, 1.82) is 0 Å². The number of benzene rings is 1. The fourth-order valence-corrected chi connectivity index (χ4v) is 2.39. The first-order valence-corrected chi connectivity index (χ1v) is 6.98. The quantitative estimate of drug-likeness (QED) is 0.890. The van der Waals surface area contributed by atoms with Crippen molar-refractivity contribution >= 4 is 24.2 Å². The van der Waals surface area contributed by atoms with Crippen molar-refractivity contribution in [3.8, 4) is 0 Å². The Balaban J connectivity index is 0.00000220. The molecule has 5 nitrogen and oxygen atoms in total. The van der Waals surface area contributed by atoms with Crippen LogP contribution in [-0.4, -0.2) is 53.8 Å². The summed E-state index contributed by atoms with van der Waals surface area (Å²) in [7, 11) is 0. The van der Waals surface area contributed by atoms with E-state index >= 15 is 0 Å². The van der Waals surface area contributed by atoms with Crippen LogP contribution in [0.15, 0.2) is 30.3 Å². The molecule has 2 N–H and O–H groups in total. The van der Waals surface area contributed by atoms with E-state index in [2.05, 4.69) is 0 Å². The molecule has 0 spiro atoms. The third-order valence-corrected chi connectivity index (χ3v) is 3.51. The predicted octanol–water partition coefficient (Wildman–Crippen LogP) is 1.13. The van der Waals surface area contributed by atoms with Crippen molar-refractivity contribution in [1.82, 2.24) is 9.80 Å². The maximum atomic E-state index is 12.4. The second-order valence-electron chi connectivity index (χ2n) is 5.13. The number of nitrogens with two attached hydrogens (primary N) is 1. The van der Waals surface area contributed by atoms with Crippen LogP contribution in [0.25, 0.3) is 0 Å². The lowest BCUT2D eigenvalue weighted by Crippen LogP contribution is -2.44. The summed E-state index contributed by atoms with van der Waals surface area (Å²) >= 11 is 0. The van der Waals surface area contributed by atoms with Gasteiger partial charge in [0.05, 0.1) is 6.04 Å². The fourth-order valence-electron chi connectivity index (χ4n) is 2.39. The van der Waals surface area contributed by atoms with Crippen LogP contribution < -0.4 is 5.73 Å². The highest BCUT2D eigenvalue weighted by atomic mass is 35.5. The molecule has 1 fully saturated rings. The minimum absolute atomic E-state index is 0. The molecule has 21 heavy (non-hydrogen) atoms. The molecule has 116 valence electrons. The minimum Gasteiger partial charge on any atom is -0.340 e. The van der Waals surface area contributed by atoms with Gasteiger partial charge in [0.15, 0.2) is 0 Å². The number of rotatable bonds is 2. The van der Waals surface area contributed by atoms with E-state index in [0.29, 0.717) is 31.7 Å². The molecule has 1 aromatic carbocycles. The third kappa shape index (κ3) is 4.44. The zero-order valence-electron chi connectivity index (χ0n) is 12.2. The van der Waals surface area contributed by atoms with Crippen LogP contribution in [0.4, 0.5) is 0 Å². The number of carbonyl (C=O) groups is 2. The number of hydrogen-bond donors (Lipinski definition) is 1. The molecular weight excluding hydrogens is 290 g/mol. The predicted molar refractivity (Wildman–Crippen MR) is 84.4 cm³/mol. The first kappa shape index (κ1) is 17.5. The Morgan fingerprint density at radius 1 is 1.05 bits per heavy atom. The lowest BCUT2D eigenvalue weighted by Gasteiger charge is -2.23. The number of hydrogen-bond acceptors (Lipinski definition) is 3. The summed E-state index contributed by atoms with van der Waals surface area (Å²) in [6.45, 7) is 4.15. The van der Waals surface area contributed by atoms with Gasteiger partial charge in [-0.3, -0.25) is 9.59 Å². The molecule has 0 aliphatic carbocycles. The molecule has 2 rings (SSSR count). The third-order valence-electron chi connectivity index (χ3n) is 3.51. The highest BCUT2D eigenvalue weighted by molar-refractivity contribution is 5.94. The highest BCUT2D eigenvalue weighted by Crippen LogP contribution is 2.09. The molecule has 1 saturated heterocycles. The zero-order chi connectivity index (χ0) is 14.5. The summed E-state index contributed by atoms with van der Waals surface area (Å²) in [4.78, 5) is 27.8. The lowest BCUT2D eigenvalue weighted by atomic mass is 10.2. The largest absolute Gasteiger partial charge is 0.340 e. The van der Waals surface area contributed by atoms with Crippen molar-refractivity contribution < 1.29 is 9.59 Å². The van der Waals surface area contributed by atoms with Gasteiger partial charge in [-0.15, -0.1) is 12.4 Å². The summed E-state index contributed by atoms with van der Waals surface area (Å²) in [5, 5.41) is 0. The molecule has 0 bridgehead atoms. The van der Waals surface area contributed by atoms with Crippen LogP contribution in [0.2, 0.25) is 0 Å². The van der Waals surface area contributed by atoms with Crippen LogP contribution in [-0.2, 0) is 4.79 Å². The number of carbonyl (C=O) groups excluding carboxylic acids is 2. The molecule has 1 aromatic rings. The SMILES string of the molecule is C[C@@H](N)C(=O)N1CCCN(C(=O)c2ccccc2)CC1.Cl. The fraction of sp³-hybridized carbons (Fsp3) is 0.467. The standard InChI is InChI=1S/C15H21N3O2.ClH/c1-12(16)14(19)17-8-5-9-18(11-10-17)15(20)13-6-3-2-4-7-13;/h2-4,6-7,12H,5,8-11,16H2,1H3;1H/t12-;/m1./s1. The van der Waals surface area contributed by atoms with Crippen molar-refractivity contribution in [3.63, 3.8) is 0 Å². The van der Waals surface area contributed by atoms with Gasteiger partial charge in [-0.1, -0.05) is 18.2 Å². The topological polar surface area (TPSA) is 66.6 Å². The molecule has 2 amide bonds. The Morgan fingerprint density at radius 2 is 1.62 bits per heavy atom. The smallest absolute Gasteiger partial charge is 0.253 e. The molecule has 0 radical (unpaired) electrons. The van der Waals surface area contributed by atoms with Gasteiger partial charge in [0.1, 0.15) is 0 Å². The number of halogens is 1. The number of nitrogens with zero attached hydrogens (tertiary/aromatic N) is 2. The average Bonchev–Trinajstić information content (AvgIpc) is 2.72. The molecule has 0 saturated carbocycles. The summed E-state index contributed by atoms with van der Waals surface area (Å²) in [5.74, 6) is -0.0142. The minimum atomic E-state index is -0.480. The van der Waals surface area contributed by atoms with E-state index in [0.717, 1.165) is 6.42 Å². The normalized spacial score (nSPS) is 16.7. The van der Waals surface area contributed by atoms with Crippen LogP contribution in [0.3, 0.4) is 0 Å². The first-order valence-electron chi connectivity index (χ1n) is 6.98. The van der Waals surface area contributed by atoms with Crippen LogP contribution >= 0.6 is 12.4 Å². The van der Waals surface area contributed by atoms with Crippen LogP contribution in [0.1, 0.15) is 23.7 Å². The monoisotopic (exact) mass is 311 g/mol. The van der Waals surface area contributed by atoms with Crippen molar-refractivity contribution in [2.45, 2.75) is 19.4 Å².